The first-order chi connectivity index (χ1) is 12.0. The van der Waals surface area contributed by atoms with Gasteiger partial charge in [-0.15, -0.1) is 0 Å². The van der Waals surface area contributed by atoms with E-state index in [4.69, 9.17) is 0 Å². The number of likely N-dealkylation sites (tertiary alicyclic amines) is 1. The molecule has 134 valence electrons. The largest absolute Gasteiger partial charge is 0.329 e. The molecule has 3 aromatic rings. The molecule has 1 fully saturated rings. The first-order valence-corrected chi connectivity index (χ1v) is 8.85. The van der Waals surface area contributed by atoms with Gasteiger partial charge in [-0.05, 0) is 32.2 Å². The molecule has 1 aliphatic heterocycles. The van der Waals surface area contributed by atoms with Gasteiger partial charge in [0.05, 0.1) is 0 Å². The van der Waals surface area contributed by atoms with Crippen LogP contribution in [0.5, 0.6) is 0 Å². The summed E-state index contributed by atoms with van der Waals surface area (Å²) >= 11 is 0. The number of imidazole rings is 2. The zero-order chi connectivity index (χ0) is 17.7. The number of aromatic nitrogens is 5. The highest BCUT2D eigenvalue weighted by molar-refractivity contribution is 5.75. The summed E-state index contributed by atoms with van der Waals surface area (Å²) in [6.07, 6.45) is 4.49. The van der Waals surface area contributed by atoms with Crippen LogP contribution in [0.3, 0.4) is 0 Å². The Bertz CT molecular complexity index is 1050. The normalized spacial score (nSPS) is 19.2. The molecule has 0 aromatic carbocycles. The molecule has 4 rings (SSSR count). The molecule has 0 saturated carbocycles. The minimum Gasteiger partial charge on any atom is -0.313 e. The topological polar surface area (TPSA) is 80.3 Å². The fourth-order valence-electron chi connectivity index (χ4n) is 3.92. The molecule has 1 atom stereocenters. The van der Waals surface area contributed by atoms with E-state index < -0.39 is 11.2 Å². The summed E-state index contributed by atoms with van der Waals surface area (Å²) in [7, 11) is 1.62. The van der Waals surface area contributed by atoms with Crippen LogP contribution in [0.25, 0.3) is 16.9 Å². The summed E-state index contributed by atoms with van der Waals surface area (Å²) in [5, 5.41) is 0. The molecule has 3 aromatic heterocycles. The van der Waals surface area contributed by atoms with Crippen molar-refractivity contribution >= 4 is 16.9 Å². The second kappa shape index (κ2) is 5.87. The lowest BCUT2D eigenvalue weighted by atomic mass is 10.0. The van der Waals surface area contributed by atoms with Crippen LogP contribution in [0.1, 0.15) is 25.5 Å². The summed E-state index contributed by atoms with van der Waals surface area (Å²) in [6, 6.07) is 0. The van der Waals surface area contributed by atoms with Crippen molar-refractivity contribution in [2.75, 3.05) is 19.6 Å². The first kappa shape index (κ1) is 16.1. The van der Waals surface area contributed by atoms with Crippen LogP contribution in [0.15, 0.2) is 15.8 Å². The Morgan fingerprint density at radius 3 is 2.88 bits per heavy atom. The fourth-order valence-corrected chi connectivity index (χ4v) is 3.92. The average molecular weight is 344 g/mol. The van der Waals surface area contributed by atoms with Crippen molar-refractivity contribution in [3.8, 4) is 0 Å². The number of fused-ring (bicyclic) bond motifs is 3. The van der Waals surface area contributed by atoms with Gasteiger partial charge >= 0.3 is 5.69 Å². The summed E-state index contributed by atoms with van der Waals surface area (Å²) in [4.78, 5) is 33.5. The number of nitrogens with zero attached hydrogens (tertiary/aromatic N) is 5. The van der Waals surface area contributed by atoms with E-state index in [1.165, 1.54) is 17.4 Å². The second-order valence-electron chi connectivity index (χ2n) is 7.24. The van der Waals surface area contributed by atoms with Crippen LogP contribution >= 0.6 is 0 Å². The van der Waals surface area contributed by atoms with E-state index in [9.17, 15) is 9.59 Å². The van der Waals surface area contributed by atoms with Crippen molar-refractivity contribution < 1.29 is 0 Å². The Hall–Kier alpha value is -2.35. The zero-order valence-electron chi connectivity index (χ0n) is 14.9. The zero-order valence-corrected chi connectivity index (χ0v) is 14.9. The van der Waals surface area contributed by atoms with Gasteiger partial charge in [-0.3, -0.25) is 18.7 Å². The molecular weight excluding hydrogens is 320 g/mol. The Kier molecular flexibility index (Phi) is 3.79. The Labute approximate surface area is 144 Å². The maximum Gasteiger partial charge on any atom is 0.329 e. The maximum absolute atomic E-state index is 12.2. The highest BCUT2D eigenvalue weighted by Gasteiger charge is 2.19. The molecule has 8 heteroatoms. The third kappa shape index (κ3) is 2.60. The monoisotopic (exact) mass is 344 g/mol. The fraction of sp³-hybridized carbons (Fsp3) is 0.588. The number of rotatable bonds is 3. The molecule has 1 unspecified atom stereocenters. The summed E-state index contributed by atoms with van der Waals surface area (Å²) < 4.78 is 5.31. The van der Waals surface area contributed by atoms with Crippen LogP contribution in [0.2, 0.25) is 0 Å². The summed E-state index contributed by atoms with van der Waals surface area (Å²) in [5.74, 6) is 1.46. The second-order valence-corrected chi connectivity index (χ2v) is 7.24. The van der Waals surface area contributed by atoms with Crippen molar-refractivity contribution in [1.82, 2.24) is 28.4 Å². The summed E-state index contributed by atoms with van der Waals surface area (Å²) in [5.41, 5.74) is 1.06. The number of H-pyrrole nitrogens is 1. The third-order valence-electron chi connectivity index (χ3n) is 5.30. The lowest BCUT2D eigenvalue weighted by Gasteiger charge is -2.30. The SMILES string of the molecule is Cc1cn2c3c(=O)[nH]c(=O)n(C)c3nc2n1CCN1CCCC(C)C1. The van der Waals surface area contributed by atoms with Gasteiger partial charge < -0.3 is 9.47 Å². The molecular formula is C17H24N6O2. The molecule has 0 bridgehead atoms. The van der Waals surface area contributed by atoms with Gasteiger partial charge in [0.15, 0.2) is 11.2 Å². The van der Waals surface area contributed by atoms with Crippen LogP contribution < -0.4 is 11.2 Å². The van der Waals surface area contributed by atoms with Gasteiger partial charge in [0, 0.05) is 38.6 Å². The highest BCUT2D eigenvalue weighted by Crippen LogP contribution is 2.18. The minimum absolute atomic E-state index is 0.396. The van der Waals surface area contributed by atoms with E-state index in [2.05, 4.69) is 26.4 Å². The third-order valence-corrected chi connectivity index (χ3v) is 5.30. The van der Waals surface area contributed by atoms with Crippen LogP contribution in [-0.4, -0.2) is 48.0 Å². The number of aromatic amines is 1. The van der Waals surface area contributed by atoms with Crippen molar-refractivity contribution in [3.63, 3.8) is 0 Å². The van der Waals surface area contributed by atoms with E-state index in [0.29, 0.717) is 16.9 Å². The van der Waals surface area contributed by atoms with Gasteiger partial charge in [0.25, 0.3) is 5.56 Å². The molecule has 8 nitrogen and oxygen atoms in total. The van der Waals surface area contributed by atoms with Crippen molar-refractivity contribution in [1.29, 1.82) is 0 Å². The molecule has 0 spiro atoms. The predicted molar refractivity (Wildman–Crippen MR) is 96.1 cm³/mol. The molecule has 1 saturated heterocycles. The van der Waals surface area contributed by atoms with Gasteiger partial charge in [-0.25, -0.2) is 4.79 Å². The van der Waals surface area contributed by atoms with Gasteiger partial charge in [0.1, 0.15) is 0 Å². The highest BCUT2D eigenvalue weighted by atomic mass is 16.2. The number of hydrogen-bond donors (Lipinski definition) is 1. The molecule has 0 aliphatic carbocycles. The first-order valence-electron chi connectivity index (χ1n) is 8.85. The van der Waals surface area contributed by atoms with Gasteiger partial charge in [-0.2, -0.15) is 4.98 Å². The van der Waals surface area contributed by atoms with E-state index in [1.807, 2.05) is 13.1 Å². The smallest absolute Gasteiger partial charge is 0.313 e. The van der Waals surface area contributed by atoms with Crippen LogP contribution in [0, 0.1) is 12.8 Å². The quantitative estimate of drug-likeness (QED) is 0.759. The van der Waals surface area contributed by atoms with Crippen LogP contribution in [-0.2, 0) is 13.6 Å². The Morgan fingerprint density at radius 2 is 2.12 bits per heavy atom. The molecule has 4 heterocycles. The molecule has 0 amide bonds. The number of hydrogen-bond acceptors (Lipinski definition) is 4. The number of aryl methyl sites for hydroxylation is 2. The van der Waals surface area contributed by atoms with Crippen molar-refractivity contribution in [2.45, 2.75) is 33.2 Å². The van der Waals surface area contributed by atoms with E-state index in [0.717, 1.165) is 37.8 Å². The van der Waals surface area contributed by atoms with Gasteiger partial charge in [0.2, 0.25) is 5.78 Å². The van der Waals surface area contributed by atoms with Crippen molar-refractivity contribution in [3.05, 3.63) is 32.7 Å². The van der Waals surface area contributed by atoms with Gasteiger partial charge in [-0.1, -0.05) is 6.92 Å². The average Bonchev–Trinajstić information content (AvgIpc) is 3.06. The number of nitrogens with one attached hydrogen (secondary N) is 1. The Balaban J connectivity index is 1.74. The Morgan fingerprint density at radius 1 is 1.32 bits per heavy atom. The van der Waals surface area contributed by atoms with Crippen molar-refractivity contribution in [2.24, 2.45) is 13.0 Å². The molecule has 0 radical (unpaired) electrons. The van der Waals surface area contributed by atoms with E-state index >= 15 is 0 Å². The summed E-state index contributed by atoms with van der Waals surface area (Å²) in [6.45, 7) is 8.40. The molecule has 1 aliphatic rings. The number of piperidine rings is 1. The molecule has 1 N–H and O–H groups in total. The lowest BCUT2D eigenvalue weighted by Crippen LogP contribution is -2.36. The van der Waals surface area contributed by atoms with E-state index in [1.54, 1.807) is 11.4 Å². The maximum atomic E-state index is 12.2. The predicted octanol–water partition coefficient (Wildman–Crippen LogP) is 0.716. The van der Waals surface area contributed by atoms with Crippen LogP contribution in [0.4, 0.5) is 0 Å². The standard InChI is InChI=1S/C17H24N6O2/c1-11-5-4-6-21(9-11)7-8-22-12(2)10-23-13-14(18-16(22)23)20(3)17(25)19-15(13)24/h10-11H,4-9H2,1-3H3,(H,19,24,25). The van der Waals surface area contributed by atoms with E-state index in [-0.39, 0.29) is 0 Å². The lowest BCUT2D eigenvalue weighted by molar-refractivity contribution is 0.178. The minimum atomic E-state index is -0.441. The molecule has 25 heavy (non-hydrogen) atoms.